The molecule has 0 bridgehead atoms. The van der Waals surface area contributed by atoms with Crippen LogP contribution in [0.1, 0.15) is 36.2 Å². The molecule has 0 saturated heterocycles. The summed E-state index contributed by atoms with van der Waals surface area (Å²) >= 11 is 2.25. The van der Waals surface area contributed by atoms with Gasteiger partial charge in [0.15, 0.2) is 0 Å². The first kappa shape index (κ1) is 12.5. The molecule has 1 amide bonds. The Labute approximate surface area is 105 Å². The van der Waals surface area contributed by atoms with Gasteiger partial charge in [-0.25, -0.2) is 0 Å². The summed E-state index contributed by atoms with van der Waals surface area (Å²) < 4.78 is 1.13. The Morgan fingerprint density at radius 2 is 2.20 bits per heavy atom. The highest BCUT2D eigenvalue weighted by molar-refractivity contribution is 14.1. The molecule has 1 rings (SSSR count). The number of carbonyl (C=O) groups is 1. The highest BCUT2D eigenvalue weighted by Gasteiger charge is 2.09. The molecular formula is C12H16INO. The van der Waals surface area contributed by atoms with E-state index in [1.807, 2.05) is 32.0 Å². The number of rotatable bonds is 3. The molecule has 82 valence electrons. The third kappa shape index (κ3) is 3.48. The van der Waals surface area contributed by atoms with Crippen LogP contribution in [0.2, 0.25) is 0 Å². The summed E-state index contributed by atoms with van der Waals surface area (Å²) in [7, 11) is 0. The highest BCUT2D eigenvalue weighted by Crippen LogP contribution is 2.13. The van der Waals surface area contributed by atoms with Crippen LogP contribution < -0.4 is 5.32 Å². The van der Waals surface area contributed by atoms with Crippen LogP contribution >= 0.6 is 22.6 Å². The molecule has 1 aromatic rings. The van der Waals surface area contributed by atoms with E-state index < -0.39 is 0 Å². The van der Waals surface area contributed by atoms with Gasteiger partial charge in [-0.15, -0.1) is 0 Å². The zero-order chi connectivity index (χ0) is 11.4. The second kappa shape index (κ2) is 5.49. The lowest BCUT2D eigenvalue weighted by Crippen LogP contribution is -2.31. The monoisotopic (exact) mass is 317 g/mol. The van der Waals surface area contributed by atoms with Crippen molar-refractivity contribution in [2.75, 3.05) is 0 Å². The number of aryl methyl sites for hydroxylation is 1. The van der Waals surface area contributed by atoms with Gasteiger partial charge < -0.3 is 5.32 Å². The maximum Gasteiger partial charge on any atom is 0.251 e. The maximum absolute atomic E-state index is 11.8. The molecule has 1 aromatic carbocycles. The molecule has 0 unspecified atom stereocenters. The quantitative estimate of drug-likeness (QED) is 0.853. The molecule has 2 nitrogen and oxygen atoms in total. The molecule has 0 spiro atoms. The van der Waals surface area contributed by atoms with Crippen molar-refractivity contribution in [1.29, 1.82) is 0 Å². The molecule has 0 radical (unpaired) electrons. The number of nitrogens with one attached hydrogen (secondary N) is 1. The molecule has 1 atom stereocenters. The molecular weight excluding hydrogens is 301 g/mol. The van der Waals surface area contributed by atoms with Gasteiger partial charge in [0.25, 0.3) is 5.91 Å². The van der Waals surface area contributed by atoms with E-state index in [0.717, 1.165) is 15.6 Å². The average Bonchev–Trinajstić information content (AvgIpc) is 2.21. The van der Waals surface area contributed by atoms with Gasteiger partial charge in [-0.3, -0.25) is 4.79 Å². The van der Waals surface area contributed by atoms with Gasteiger partial charge in [0.1, 0.15) is 0 Å². The number of hydrogen-bond acceptors (Lipinski definition) is 1. The lowest BCUT2D eigenvalue weighted by atomic mass is 10.1. The van der Waals surface area contributed by atoms with Crippen molar-refractivity contribution in [2.45, 2.75) is 33.2 Å². The highest BCUT2D eigenvalue weighted by atomic mass is 127. The SMILES string of the molecule is CC[C@H](C)NC(=O)c1ccc(C)c(I)c1. The molecule has 0 aliphatic heterocycles. The van der Waals surface area contributed by atoms with Crippen molar-refractivity contribution in [3.05, 3.63) is 32.9 Å². The third-order valence-corrected chi connectivity index (χ3v) is 3.59. The Bertz CT molecular complexity index is 363. The number of halogens is 1. The number of amides is 1. The summed E-state index contributed by atoms with van der Waals surface area (Å²) in [6, 6.07) is 6.01. The van der Waals surface area contributed by atoms with Gasteiger partial charge in [0, 0.05) is 15.2 Å². The van der Waals surface area contributed by atoms with Crippen LogP contribution in [0.15, 0.2) is 18.2 Å². The normalized spacial score (nSPS) is 12.3. The molecule has 0 saturated carbocycles. The minimum Gasteiger partial charge on any atom is -0.350 e. The summed E-state index contributed by atoms with van der Waals surface area (Å²) in [6.07, 6.45) is 0.953. The molecule has 0 fully saturated rings. The maximum atomic E-state index is 11.8. The summed E-state index contributed by atoms with van der Waals surface area (Å²) in [6.45, 7) is 6.11. The standard InChI is InChI=1S/C12H16INO/c1-4-9(3)14-12(15)10-6-5-8(2)11(13)7-10/h5-7,9H,4H2,1-3H3,(H,14,15)/t9-/m0/s1. The summed E-state index contributed by atoms with van der Waals surface area (Å²) in [5.74, 6) is 0.0160. The van der Waals surface area contributed by atoms with Gasteiger partial charge in [-0.05, 0) is 60.6 Å². The molecule has 0 aliphatic carbocycles. The molecule has 3 heteroatoms. The van der Waals surface area contributed by atoms with Crippen LogP contribution in [-0.2, 0) is 0 Å². The minimum atomic E-state index is 0.0160. The fraction of sp³-hybridized carbons (Fsp3) is 0.417. The Hall–Kier alpha value is -0.580. The summed E-state index contributed by atoms with van der Waals surface area (Å²) in [4.78, 5) is 11.8. The van der Waals surface area contributed by atoms with Crippen molar-refractivity contribution in [2.24, 2.45) is 0 Å². The van der Waals surface area contributed by atoms with Crippen LogP contribution in [0.3, 0.4) is 0 Å². The first-order valence-corrected chi connectivity index (χ1v) is 6.19. The van der Waals surface area contributed by atoms with Gasteiger partial charge >= 0.3 is 0 Å². The van der Waals surface area contributed by atoms with Crippen LogP contribution in [-0.4, -0.2) is 11.9 Å². The van der Waals surface area contributed by atoms with E-state index in [1.54, 1.807) is 0 Å². The van der Waals surface area contributed by atoms with Crippen molar-refractivity contribution < 1.29 is 4.79 Å². The van der Waals surface area contributed by atoms with Gasteiger partial charge in [-0.2, -0.15) is 0 Å². The molecule has 0 heterocycles. The van der Waals surface area contributed by atoms with E-state index in [-0.39, 0.29) is 11.9 Å². The molecule has 1 N–H and O–H groups in total. The summed E-state index contributed by atoms with van der Waals surface area (Å²) in [5.41, 5.74) is 1.95. The fourth-order valence-corrected chi connectivity index (χ4v) is 1.66. The van der Waals surface area contributed by atoms with E-state index in [4.69, 9.17) is 0 Å². The lowest BCUT2D eigenvalue weighted by molar-refractivity contribution is 0.0939. The zero-order valence-corrected chi connectivity index (χ0v) is 11.5. The predicted octanol–water partition coefficient (Wildman–Crippen LogP) is 3.13. The van der Waals surface area contributed by atoms with Gasteiger partial charge in [-0.1, -0.05) is 13.0 Å². The number of hydrogen-bond donors (Lipinski definition) is 1. The van der Waals surface area contributed by atoms with Crippen molar-refractivity contribution in [1.82, 2.24) is 5.32 Å². The Morgan fingerprint density at radius 1 is 1.53 bits per heavy atom. The average molecular weight is 317 g/mol. The lowest BCUT2D eigenvalue weighted by Gasteiger charge is -2.11. The second-order valence-corrected chi connectivity index (χ2v) is 4.91. The molecule has 0 aliphatic rings. The van der Waals surface area contributed by atoms with E-state index in [1.165, 1.54) is 5.56 Å². The molecule has 0 aromatic heterocycles. The predicted molar refractivity (Wildman–Crippen MR) is 71.1 cm³/mol. The fourth-order valence-electron chi connectivity index (χ4n) is 1.14. The van der Waals surface area contributed by atoms with Crippen LogP contribution in [0.5, 0.6) is 0 Å². The smallest absolute Gasteiger partial charge is 0.251 e. The van der Waals surface area contributed by atoms with Crippen LogP contribution in [0.25, 0.3) is 0 Å². The topological polar surface area (TPSA) is 29.1 Å². The van der Waals surface area contributed by atoms with E-state index in [9.17, 15) is 4.79 Å². The van der Waals surface area contributed by atoms with Crippen molar-refractivity contribution >= 4 is 28.5 Å². The first-order valence-electron chi connectivity index (χ1n) is 5.11. The largest absolute Gasteiger partial charge is 0.350 e. The Balaban J connectivity index is 2.78. The minimum absolute atomic E-state index is 0.0160. The summed E-state index contributed by atoms with van der Waals surface area (Å²) in [5, 5.41) is 2.95. The van der Waals surface area contributed by atoms with Gasteiger partial charge in [0.2, 0.25) is 0 Å². The number of carbonyl (C=O) groups excluding carboxylic acids is 1. The Kier molecular flexibility index (Phi) is 4.57. The van der Waals surface area contributed by atoms with E-state index in [2.05, 4.69) is 34.8 Å². The van der Waals surface area contributed by atoms with Crippen LogP contribution in [0, 0.1) is 10.5 Å². The van der Waals surface area contributed by atoms with Crippen molar-refractivity contribution in [3.63, 3.8) is 0 Å². The third-order valence-electron chi connectivity index (χ3n) is 2.42. The van der Waals surface area contributed by atoms with Crippen LogP contribution in [0.4, 0.5) is 0 Å². The Morgan fingerprint density at radius 3 is 2.73 bits per heavy atom. The van der Waals surface area contributed by atoms with E-state index in [0.29, 0.717) is 0 Å². The van der Waals surface area contributed by atoms with E-state index >= 15 is 0 Å². The zero-order valence-electron chi connectivity index (χ0n) is 9.30. The number of benzene rings is 1. The molecule has 15 heavy (non-hydrogen) atoms. The van der Waals surface area contributed by atoms with Gasteiger partial charge in [0.05, 0.1) is 0 Å². The second-order valence-electron chi connectivity index (χ2n) is 3.75. The van der Waals surface area contributed by atoms with Crippen molar-refractivity contribution in [3.8, 4) is 0 Å². The first-order chi connectivity index (χ1) is 7.04.